The Balaban J connectivity index is 2.46. The van der Waals surface area contributed by atoms with Gasteiger partial charge in [-0.2, -0.15) is 0 Å². The number of hydrogen-bond acceptors (Lipinski definition) is 2. The van der Waals surface area contributed by atoms with Crippen LogP contribution in [-0.2, 0) is 7.05 Å². The highest BCUT2D eigenvalue weighted by atomic mass is 35.5. The van der Waals surface area contributed by atoms with Crippen molar-refractivity contribution in [3.63, 3.8) is 0 Å². The first kappa shape index (κ1) is 14.0. The molecule has 0 radical (unpaired) electrons. The third-order valence-electron chi connectivity index (χ3n) is 3.59. The van der Waals surface area contributed by atoms with E-state index in [0.29, 0.717) is 20.9 Å². The van der Waals surface area contributed by atoms with Crippen LogP contribution in [-0.4, -0.2) is 9.13 Å². The van der Waals surface area contributed by atoms with Crippen LogP contribution in [0.2, 0.25) is 5.02 Å². The zero-order valence-corrected chi connectivity index (χ0v) is 13.2. The van der Waals surface area contributed by atoms with Crippen LogP contribution in [0.25, 0.3) is 16.6 Å². The number of nitrogens with zero attached hydrogens (tertiary/aromatic N) is 2. The Kier molecular flexibility index (Phi) is 3.43. The first-order valence-corrected chi connectivity index (χ1v) is 7.26. The predicted octanol–water partition coefficient (Wildman–Crippen LogP) is 4.02. The topological polar surface area (TPSA) is 26.9 Å². The van der Waals surface area contributed by atoms with Gasteiger partial charge in [0.25, 0.3) is 5.56 Å². The second-order valence-corrected chi connectivity index (χ2v) is 5.71. The number of fused-ring (bicyclic) bond motifs is 1. The summed E-state index contributed by atoms with van der Waals surface area (Å²) in [7, 11) is 1.86. The number of aromatic nitrogens is 2. The van der Waals surface area contributed by atoms with E-state index < -0.39 is 0 Å². The molecule has 1 heterocycles. The van der Waals surface area contributed by atoms with Crippen molar-refractivity contribution in [3.8, 4) is 5.69 Å². The van der Waals surface area contributed by atoms with E-state index in [4.69, 9.17) is 23.8 Å². The van der Waals surface area contributed by atoms with Crippen molar-refractivity contribution in [2.45, 2.75) is 6.92 Å². The fourth-order valence-corrected chi connectivity index (χ4v) is 2.82. The minimum Gasteiger partial charge on any atom is -0.320 e. The van der Waals surface area contributed by atoms with Crippen LogP contribution >= 0.6 is 23.8 Å². The van der Waals surface area contributed by atoms with E-state index in [0.717, 1.165) is 11.1 Å². The van der Waals surface area contributed by atoms with Crippen molar-refractivity contribution in [2.75, 3.05) is 0 Å². The maximum absolute atomic E-state index is 12.7. The number of benzene rings is 2. The summed E-state index contributed by atoms with van der Waals surface area (Å²) < 4.78 is 3.79. The summed E-state index contributed by atoms with van der Waals surface area (Å²) in [4.78, 5) is 12.7. The van der Waals surface area contributed by atoms with Gasteiger partial charge in [-0.25, -0.2) is 0 Å². The average molecular weight is 317 g/mol. The molecule has 0 saturated carbocycles. The summed E-state index contributed by atoms with van der Waals surface area (Å²) in [5, 5.41) is 1.25. The van der Waals surface area contributed by atoms with Gasteiger partial charge in [-0.15, -0.1) is 0 Å². The summed E-state index contributed by atoms with van der Waals surface area (Å²) in [6.45, 7) is 1.92. The van der Waals surface area contributed by atoms with Gasteiger partial charge in [-0.05, 0) is 49.0 Å². The highest BCUT2D eigenvalue weighted by Gasteiger charge is 2.10. The Morgan fingerprint density at radius 1 is 1.14 bits per heavy atom. The quantitative estimate of drug-likeness (QED) is 0.634. The normalized spacial score (nSPS) is 11.0. The molecule has 3 aromatic rings. The summed E-state index contributed by atoms with van der Waals surface area (Å²) in [5.41, 5.74) is 2.34. The standard InChI is InChI=1S/C16H13ClN2OS/c1-10-7-8-11(9-13(10)17)19-15(20)12-5-3-4-6-14(12)18(2)16(19)21/h3-9H,1-2H3. The second-order valence-electron chi connectivity index (χ2n) is 4.93. The molecule has 0 fully saturated rings. The Morgan fingerprint density at radius 2 is 1.86 bits per heavy atom. The monoisotopic (exact) mass is 316 g/mol. The highest BCUT2D eigenvalue weighted by molar-refractivity contribution is 7.71. The highest BCUT2D eigenvalue weighted by Crippen LogP contribution is 2.20. The molecule has 0 amide bonds. The van der Waals surface area contributed by atoms with Gasteiger partial charge < -0.3 is 4.57 Å². The molecule has 0 bridgehead atoms. The third-order valence-corrected chi connectivity index (χ3v) is 4.45. The summed E-state index contributed by atoms with van der Waals surface area (Å²) in [5.74, 6) is 0. The SMILES string of the molecule is Cc1ccc(-n2c(=O)c3ccccc3n(C)c2=S)cc1Cl. The van der Waals surface area contributed by atoms with Gasteiger partial charge >= 0.3 is 0 Å². The van der Waals surface area contributed by atoms with Gasteiger partial charge in [0.05, 0.1) is 16.6 Å². The lowest BCUT2D eigenvalue weighted by Gasteiger charge is -2.13. The van der Waals surface area contributed by atoms with Crippen molar-refractivity contribution in [2.24, 2.45) is 7.05 Å². The van der Waals surface area contributed by atoms with Gasteiger partial charge in [0.1, 0.15) is 0 Å². The largest absolute Gasteiger partial charge is 0.320 e. The molecular weight excluding hydrogens is 304 g/mol. The zero-order valence-electron chi connectivity index (χ0n) is 11.6. The molecule has 21 heavy (non-hydrogen) atoms. The molecule has 0 spiro atoms. The molecule has 2 aromatic carbocycles. The average Bonchev–Trinajstić information content (AvgIpc) is 2.49. The third kappa shape index (κ3) is 2.20. The van der Waals surface area contributed by atoms with Gasteiger partial charge in [-0.3, -0.25) is 9.36 Å². The minimum atomic E-state index is -0.131. The molecule has 0 saturated heterocycles. The Hall–Kier alpha value is -1.91. The van der Waals surface area contributed by atoms with E-state index in [9.17, 15) is 4.79 Å². The molecule has 3 rings (SSSR count). The molecular formula is C16H13ClN2OS. The van der Waals surface area contributed by atoms with Crippen LogP contribution < -0.4 is 5.56 Å². The zero-order chi connectivity index (χ0) is 15.1. The number of aryl methyl sites for hydroxylation is 2. The van der Waals surface area contributed by atoms with Crippen molar-refractivity contribution >= 4 is 34.7 Å². The number of rotatable bonds is 1. The van der Waals surface area contributed by atoms with Crippen molar-refractivity contribution < 1.29 is 0 Å². The molecule has 5 heteroatoms. The van der Waals surface area contributed by atoms with Crippen LogP contribution in [0.15, 0.2) is 47.3 Å². The Bertz CT molecular complexity index is 972. The van der Waals surface area contributed by atoms with Crippen LogP contribution in [0.3, 0.4) is 0 Å². The molecule has 0 atom stereocenters. The van der Waals surface area contributed by atoms with E-state index in [2.05, 4.69) is 0 Å². The Labute approximate surface area is 132 Å². The minimum absolute atomic E-state index is 0.131. The summed E-state index contributed by atoms with van der Waals surface area (Å²) in [6.07, 6.45) is 0. The van der Waals surface area contributed by atoms with E-state index in [1.54, 1.807) is 12.1 Å². The lowest BCUT2D eigenvalue weighted by atomic mass is 10.2. The summed E-state index contributed by atoms with van der Waals surface area (Å²) >= 11 is 11.6. The second kappa shape index (κ2) is 5.13. The predicted molar refractivity (Wildman–Crippen MR) is 89.1 cm³/mol. The van der Waals surface area contributed by atoms with Crippen molar-refractivity contribution in [1.82, 2.24) is 9.13 Å². The van der Waals surface area contributed by atoms with E-state index in [1.165, 1.54) is 4.57 Å². The van der Waals surface area contributed by atoms with Gasteiger partial charge in [0.15, 0.2) is 4.77 Å². The lowest BCUT2D eigenvalue weighted by molar-refractivity contribution is 0.810. The van der Waals surface area contributed by atoms with Crippen LogP contribution in [0.4, 0.5) is 0 Å². The smallest absolute Gasteiger partial charge is 0.266 e. The van der Waals surface area contributed by atoms with E-state index >= 15 is 0 Å². The van der Waals surface area contributed by atoms with Crippen LogP contribution in [0.5, 0.6) is 0 Å². The fourth-order valence-electron chi connectivity index (χ4n) is 2.36. The number of hydrogen-bond donors (Lipinski definition) is 0. The first-order valence-electron chi connectivity index (χ1n) is 6.48. The van der Waals surface area contributed by atoms with E-state index in [1.807, 2.05) is 48.9 Å². The molecule has 0 unspecified atom stereocenters. The number of halogens is 1. The summed E-state index contributed by atoms with van der Waals surface area (Å²) in [6, 6.07) is 12.9. The van der Waals surface area contributed by atoms with Crippen molar-refractivity contribution in [3.05, 3.63) is 68.2 Å². The van der Waals surface area contributed by atoms with Crippen molar-refractivity contribution in [1.29, 1.82) is 0 Å². The molecule has 1 aromatic heterocycles. The van der Waals surface area contributed by atoms with Gasteiger partial charge in [-0.1, -0.05) is 29.8 Å². The number of para-hydroxylation sites is 1. The molecule has 0 aliphatic rings. The van der Waals surface area contributed by atoms with Crippen LogP contribution in [0.1, 0.15) is 5.56 Å². The first-order chi connectivity index (χ1) is 10.0. The Morgan fingerprint density at radius 3 is 2.57 bits per heavy atom. The van der Waals surface area contributed by atoms with E-state index in [-0.39, 0.29) is 5.56 Å². The molecule has 0 aliphatic carbocycles. The maximum atomic E-state index is 12.7. The fraction of sp³-hybridized carbons (Fsp3) is 0.125. The van der Waals surface area contributed by atoms with Gasteiger partial charge in [0, 0.05) is 12.1 Å². The lowest BCUT2D eigenvalue weighted by Crippen LogP contribution is -2.23. The maximum Gasteiger partial charge on any atom is 0.266 e. The van der Waals surface area contributed by atoms with Gasteiger partial charge in [0.2, 0.25) is 0 Å². The van der Waals surface area contributed by atoms with Crippen LogP contribution in [0, 0.1) is 11.7 Å². The molecule has 0 N–H and O–H groups in total. The molecule has 0 aliphatic heterocycles. The molecule has 3 nitrogen and oxygen atoms in total. The molecule has 106 valence electrons.